The van der Waals surface area contributed by atoms with Gasteiger partial charge in [-0.3, -0.25) is 4.98 Å². The van der Waals surface area contributed by atoms with Crippen molar-refractivity contribution in [3.8, 4) is 0 Å². The number of nitrogens with zero attached hydrogens (tertiary/aromatic N) is 2. The topological polar surface area (TPSA) is 37.8 Å². The maximum absolute atomic E-state index is 4.02. The molecule has 52 valence electrons. The fraction of sp³-hybridized carbons (Fsp3) is 0.143. The molecule has 0 aliphatic carbocycles. The van der Waals surface area contributed by atoms with E-state index in [1.807, 2.05) is 6.92 Å². The summed E-state index contributed by atoms with van der Waals surface area (Å²) in [6.45, 7) is 5.41. The summed E-state index contributed by atoms with van der Waals surface area (Å²) in [5.74, 6) is 0.762. The highest BCUT2D eigenvalue weighted by Crippen LogP contribution is 2.04. The first kappa shape index (κ1) is 6.74. The first-order valence-electron chi connectivity index (χ1n) is 2.99. The van der Waals surface area contributed by atoms with Gasteiger partial charge in [0.25, 0.3) is 0 Å². The molecule has 0 radical (unpaired) electrons. The summed E-state index contributed by atoms with van der Waals surface area (Å²) in [7, 11) is 0. The quantitative estimate of drug-likeness (QED) is 0.665. The highest BCUT2D eigenvalue weighted by Gasteiger charge is 1.93. The van der Waals surface area contributed by atoms with Crippen molar-refractivity contribution in [3.05, 3.63) is 30.9 Å². The molecule has 1 rings (SSSR count). The van der Waals surface area contributed by atoms with Crippen LogP contribution in [0.4, 0.5) is 5.82 Å². The SMILES string of the molecule is C=CNc1nccnc1C. The Hall–Kier alpha value is -1.38. The minimum absolute atomic E-state index is 0.762. The smallest absolute Gasteiger partial charge is 0.151 e. The van der Waals surface area contributed by atoms with Gasteiger partial charge in [0.2, 0.25) is 0 Å². The van der Waals surface area contributed by atoms with Gasteiger partial charge in [0.15, 0.2) is 5.82 Å². The van der Waals surface area contributed by atoms with Crippen LogP contribution in [0.5, 0.6) is 0 Å². The lowest BCUT2D eigenvalue weighted by Crippen LogP contribution is -1.94. The van der Waals surface area contributed by atoms with Crippen LogP contribution in [0.15, 0.2) is 25.2 Å². The molecule has 0 fully saturated rings. The number of anilines is 1. The van der Waals surface area contributed by atoms with E-state index in [-0.39, 0.29) is 0 Å². The van der Waals surface area contributed by atoms with Crippen molar-refractivity contribution in [2.45, 2.75) is 6.92 Å². The van der Waals surface area contributed by atoms with E-state index in [9.17, 15) is 0 Å². The third kappa shape index (κ3) is 1.31. The van der Waals surface area contributed by atoms with Gasteiger partial charge in [-0.15, -0.1) is 0 Å². The molecule has 3 heteroatoms. The van der Waals surface area contributed by atoms with Crippen molar-refractivity contribution >= 4 is 5.82 Å². The van der Waals surface area contributed by atoms with E-state index in [0.29, 0.717) is 0 Å². The molecule has 1 N–H and O–H groups in total. The molecule has 1 heterocycles. The van der Waals surface area contributed by atoms with Crippen molar-refractivity contribution in [2.75, 3.05) is 5.32 Å². The maximum Gasteiger partial charge on any atom is 0.151 e. The van der Waals surface area contributed by atoms with Gasteiger partial charge in [-0.1, -0.05) is 6.58 Å². The molecule has 0 saturated carbocycles. The molecule has 0 saturated heterocycles. The van der Waals surface area contributed by atoms with Gasteiger partial charge in [0, 0.05) is 12.4 Å². The largest absolute Gasteiger partial charge is 0.346 e. The van der Waals surface area contributed by atoms with Crippen LogP contribution in [0.3, 0.4) is 0 Å². The van der Waals surface area contributed by atoms with Crippen molar-refractivity contribution in [3.63, 3.8) is 0 Å². The Morgan fingerprint density at radius 2 is 2.20 bits per heavy atom. The number of hydrogen-bond donors (Lipinski definition) is 1. The normalized spacial score (nSPS) is 8.90. The van der Waals surface area contributed by atoms with E-state index in [1.54, 1.807) is 18.6 Å². The van der Waals surface area contributed by atoms with Crippen molar-refractivity contribution in [2.24, 2.45) is 0 Å². The van der Waals surface area contributed by atoms with Crippen LogP contribution >= 0.6 is 0 Å². The Morgan fingerprint density at radius 1 is 1.50 bits per heavy atom. The second-order valence-corrected chi connectivity index (χ2v) is 1.84. The number of nitrogens with one attached hydrogen (secondary N) is 1. The lowest BCUT2D eigenvalue weighted by molar-refractivity contribution is 1.12. The molecule has 0 amide bonds. The van der Waals surface area contributed by atoms with Crippen LogP contribution in [0.2, 0.25) is 0 Å². The summed E-state index contributed by atoms with van der Waals surface area (Å²) < 4.78 is 0. The van der Waals surface area contributed by atoms with Crippen molar-refractivity contribution in [1.82, 2.24) is 9.97 Å². The molecule has 0 aliphatic heterocycles. The summed E-state index contributed by atoms with van der Waals surface area (Å²) in [6, 6.07) is 0. The zero-order valence-corrected chi connectivity index (χ0v) is 5.83. The Bertz CT molecular complexity index is 232. The zero-order valence-electron chi connectivity index (χ0n) is 5.83. The maximum atomic E-state index is 4.02. The molecule has 0 aromatic carbocycles. The Balaban J connectivity index is 2.91. The zero-order chi connectivity index (χ0) is 7.40. The molecule has 1 aromatic heterocycles. The first-order chi connectivity index (χ1) is 4.84. The van der Waals surface area contributed by atoms with E-state index in [1.165, 1.54) is 0 Å². The molecule has 1 aromatic rings. The molecule has 3 nitrogen and oxygen atoms in total. The molecular formula is C7H9N3. The number of aryl methyl sites for hydroxylation is 1. The standard InChI is InChI=1S/C7H9N3/c1-3-8-7-6(2)9-4-5-10-7/h3-5H,1H2,2H3,(H,8,10). The van der Waals surface area contributed by atoms with Crippen molar-refractivity contribution in [1.29, 1.82) is 0 Å². The average molecular weight is 135 g/mol. The molecule has 10 heavy (non-hydrogen) atoms. The number of aromatic nitrogens is 2. The van der Waals surface area contributed by atoms with Crippen LogP contribution in [-0.2, 0) is 0 Å². The Kier molecular flexibility index (Phi) is 1.99. The van der Waals surface area contributed by atoms with Crippen LogP contribution in [-0.4, -0.2) is 9.97 Å². The second kappa shape index (κ2) is 2.96. The van der Waals surface area contributed by atoms with Gasteiger partial charge < -0.3 is 5.32 Å². The highest BCUT2D eigenvalue weighted by molar-refractivity contribution is 5.40. The van der Waals surface area contributed by atoms with Gasteiger partial charge in [0.1, 0.15) is 0 Å². The summed E-state index contributed by atoms with van der Waals surface area (Å²) in [5.41, 5.74) is 0.877. The van der Waals surface area contributed by atoms with Crippen LogP contribution in [0.1, 0.15) is 5.69 Å². The molecular weight excluding hydrogens is 126 g/mol. The third-order valence-corrected chi connectivity index (χ3v) is 1.12. The lowest BCUT2D eigenvalue weighted by Gasteiger charge is -1.99. The van der Waals surface area contributed by atoms with E-state index in [4.69, 9.17) is 0 Å². The van der Waals surface area contributed by atoms with E-state index in [0.717, 1.165) is 11.5 Å². The first-order valence-corrected chi connectivity index (χ1v) is 2.99. The predicted octanol–water partition coefficient (Wildman–Crippen LogP) is 1.34. The average Bonchev–Trinajstić information content (AvgIpc) is 1.94. The fourth-order valence-corrected chi connectivity index (χ4v) is 0.646. The second-order valence-electron chi connectivity index (χ2n) is 1.84. The predicted molar refractivity (Wildman–Crippen MR) is 40.6 cm³/mol. The van der Waals surface area contributed by atoms with Gasteiger partial charge >= 0.3 is 0 Å². The molecule has 0 spiro atoms. The van der Waals surface area contributed by atoms with Gasteiger partial charge in [0.05, 0.1) is 5.69 Å². The molecule has 0 atom stereocenters. The summed E-state index contributed by atoms with van der Waals surface area (Å²) in [5, 5.41) is 2.87. The molecule has 0 bridgehead atoms. The van der Waals surface area contributed by atoms with Crippen LogP contribution in [0, 0.1) is 6.92 Å². The number of rotatable bonds is 2. The summed E-state index contributed by atoms with van der Waals surface area (Å²) >= 11 is 0. The Labute approximate surface area is 59.8 Å². The molecule has 0 aliphatic rings. The van der Waals surface area contributed by atoms with Crippen LogP contribution in [0.25, 0.3) is 0 Å². The van der Waals surface area contributed by atoms with Gasteiger partial charge in [-0.2, -0.15) is 0 Å². The lowest BCUT2D eigenvalue weighted by atomic mass is 10.4. The van der Waals surface area contributed by atoms with E-state index >= 15 is 0 Å². The minimum atomic E-state index is 0.762. The summed E-state index contributed by atoms with van der Waals surface area (Å²) in [6.07, 6.45) is 4.87. The van der Waals surface area contributed by atoms with E-state index in [2.05, 4.69) is 21.9 Å². The highest BCUT2D eigenvalue weighted by atomic mass is 15.0. The van der Waals surface area contributed by atoms with Crippen LogP contribution < -0.4 is 5.32 Å². The number of hydrogen-bond acceptors (Lipinski definition) is 3. The third-order valence-electron chi connectivity index (χ3n) is 1.12. The Morgan fingerprint density at radius 3 is 2.80 bits per heavy atom. The van der Waals surface area contributed by atoms with Gasteiger partial charge in [-0.25, -0.2) is 4.98 Å². The minimum Gasteiger partial charge on any atom is -0.346 e. The van der Waals surface area contributed by atoms with E-state index < -0.39 is 0 Å². The summed E-state index contributed by atoms with van der Waals surface area (Å²) in [4.78, 5) is 8.05. The molecule has 0 unspecified atom stereocenters. The fourth-order valence-electron chi connectivity index (χ4n) is 0.646. The van der Waals surface area contributed by atoms with Gasteiger partial charge in [-0.05, 0) is 13.1 Å². The monoisotopic (exact) mass is 135 g/mol. The van der Waals surface area contributed by atoms with Crippen molar-refractivity contribution < 1.29 is 0 Å².